The maximum absolute atomic E-state index is 4.53. The average Bonchev–Trinajstić information content (AvgIpc) is 2.86. The van der Waals surface area contributed by atoms with E-state index < -0.39 is 0 Å². The second-order valence-electron chi connectivity index (χ2n) is 6.13. The van der Waals surface area contributed by atoms with Gasteiger partial charge in [-0.25, -0.2) is 4.98 Å². The Morgan fingerprint density at radius 2 is 2.22 bits per heavy atom. The van der Waals surface area contributed by atoms with Crippen LogP contribution >= 0.6 is 0 Å². The molecule has 1 saturated carbocycles. The van der Waals surface area contributed by atoms with E-state index >= 15 is 0 Å². The van der Waals surface area contributed by atoms with Crippen LogP contribution in [-0.2, 0) is 6.42 Å². The van der Waals surface area contributed by atoms with Crippen molar-refractivity contribution in [2.75, 3.05) is 6.54 Å². The maximum Gasteiger partial charge on any atom is 0.108 e. The van der Waals surface area contributed by atoms with Gasteiger partial charge in [0, 0.05) is 24.9 Å². The summed E-state index contributed by atoms with van der Waals surface area (Å²) in [5.74, 6) is 1.25. The molecule has 3 nitrogen and oxygen atoms in total. The molecule has 1 aromatic rings. The lowest BCUT2D eigenvalue weighted by atomic mass is 9.86. The Hall–Kier alpha value is -0.830. The number of nitrogens with zero attached hydrogens (tertiary/aromatic N) is 2. The lowest BCUT2D eigenvalue weighted by Crippen LogP contribution is -2.43. The predicted molar refractivity (Wildman–Crippen MR) is 75.7 cm³/mol. The molecule has 102 valence electrons. The van der Waals surface area contributed by atoms with E-state index in [0.717, 1.165) is 13.0 Å². The first-order chi connectivity index (χ1) is 8.60. The topological polar surface area (TPSA) is 29.9 Å². The third kappa shape index (κ3) is 2.46. The Morgan fingerprint density at radius 1 is 1.44 bits per heavy atom. The van der Waals surface area contributed by atoms with Crippen LogP contribution in [-0.4, -0.2) is 22.1 Å². The van der Waals surface area contributed by atoms with E-state index in [1.54, 1.807) is 0 Å². The summed E-state index contributed by atoms with van der Waals surface area (Å²) >= 11 is 0. The zero-order valence-electron chi connectivity index (χ0n) is 12.2. The SMILES string of the molecule is CCCc1nccn1C1CCC(C)(C)C1NCC. The van der Waals surface area contributed by atoms with Gasteiger partial charge in [0.1, 0.15) is 5.82 Å². The fraction of sp³-hybridized carbons (Fsp3) is 0.800. The molecule has 0 spiro atoms. The smallest absolute Gasteiger partial charge is 0.108 e. The standard InChI is InChI=1S/C15H27N3/c1-5-7-13-17-10-11-18(13)12-8-9-15(3,4)14(12)16-6-2/h10-12,14,16H,5-9H2,1-4H3. The van der Waals surface area contributed by atoms with Crippen LogP contribution in [0.2, 0.25) is 0 Å². The summed E-state index contributed by atoms with van der Waals surface area (Å²) in [6.45, 7) is 10.2. The third-order valence-corrected chi connectivity index (χ3v) is 4.31. The Kier molecular flexibility index (Phi) is 4.10. The van der Waals surface area contributed by atoms with E-state index in [0.29, 0.717) is 17.5 Å². The van der Waals surface area contributed by atoms with Crippen molar-refractivity contribution in [1.82, 2.24) is 14.9 Å². The molecule has 1 aromatic heterocycles. The Labute approximate surface area is 111 Å². The largest absolute Gasteiger partial charge is 0.330 e. The van der Waals surface area contributed by atoms with Crippen molar-refractivity contribution in [3.63, 3.8) is 0 Å². The van der Waals surface area contributed by atoms with Gasteiger partial charge in [-0.2, -0.15) is 0 Å². The van der Waals surface area contributed by atoms with Gasteiger partial charge in [-0.1, -0.05) is 27.7 Å². The van der Waals surface area contributed by atoms with Gasteiger partial charge in [-0.15, -0.1) is 0 Å². The van der Waals surface area contributed by atoms with Gasteiger partial charge in [-0.3, -0.25) is 0 Å². The molecular weight excluding hydrogens is 222 g/mol. The molecule has 1 fully saturated rings. The number of imidazole rings is 1. The maximum atomic E-state index is 4.53. The zero-order valence-corrected chi connectivity index (χ0v) is 12.2. The van der Waals surface area contributed by atoms with E-state index in [1.807, 2.05) is 6.20 Å². The number of rotatable bonds is 5. The number of aromatic nitrogens is 2. The molecule has 1 aliphatic carbocycles. The molecule has 0 aliphatic heterocycles. The van der Waals surface area contributed by atoms with Crippen LogP contribution in [0, 0.1) is 5.41 Å². The van der Waals surface area contributed by atoms with Crippen molar-refractivity contribution in [1.29, 1.82) is 0 Å². The molecular formula is C15H27N3. The highest BCUT2D eigenvalue weighted by atomic mass is 15.1. The van der Waals surface area contributed by atoms with Crippen molar-refractivity contribution in [2.45, 2.75) is 65.5 Å². The summed E-state index contributed by atoms with van der Waals surface area (Å²) in [6.07, 6.45) is 8.93. The van der Waals surface area contributed by atoms with Crippen LogP contribution in [0.5, 0.6) is 0 Å². The minimum atomic E-state index is 0.383. The molecule has 2 unspecified atom stereocenters. The second kappa shape index (κ2) is 5.43. The van der Waals surface area contributed by atoms with Gasteiger partial charge >= 0.3 is 0 Å². The van der Waals surface area contributed by atoms with Gasteiger partial charge in [0.25, 0.3) is 0 Å². The number of likely N-dealkylation sites (N-methyl/N-ethyl adjacent to an activating group) is 1. The fourth-order valence-corrected chi connectivity index (χ4v) is 3.36. The summed E-state index contributed by atoms with van der Waals surface area (Å²) in [6, 6.07) is 1.14. The van der Waals surface area contributed by atoms with Crippen molar-refractivity contribution in [3.05, 3.63) is 18.2 Å². The summed E-state index contributed by atoms with van der Waals surface area (Å²) < 4.78 is 2.42. The Morgan fingerprint density at radius 3 is 2.89 bits per heavy atom. The highest BCUT2D eigenvalue weighted by Gasteiger charge is 2.42. The van der Waals surface area contributed by atoms with Crippen LogP contribution in [0.1, 0.15) is 58.8 Å². The van der Waals surface area contributed by atoms with Gasteiger partial charge in [0.15, 0.2) is 0 Å². The molecule has 1 heterocycles. The lowest BCUT2D eigenvalue weighted by molar-refractivity contribution is 0.250. The molecule has 0 aromatic carbocycles. The summed E-state index contributed by atoms with van der Waals surface area (Å²) in [4.78, 5) is 4.53. The monoisotopic (exact) mass is 249 g/mol. The van der Waals surface area contributed by atoms with Gasteiger partial charge in [0.05, 0.1) is 6.04 Å². The Bertz CT molecular complexity index is 381. The minimum Gasteiger partial charge on any atom is -0.330 e. The highest BCUT2D eigenvalue weighted by molar-refractivity contribution is 5.05. The van der Waals surface area contributed by atoms with Crippen LogP contribution in [0.4, 0.5) is 0 Å². The molecule has 0 radical (unpaired) electrons. The molecule has 0 bridgehead atoms. The van der Waals surface area contributed by atoms with Crippen LogP contribution in [0.25, 0.3) is 0 Å². The van der Waals surface area contributed by atoms with E-state index in [1.165, 1.54) is 25.1 Å². The summed E-state index contributed by atoms with van der Waals surface area (Å²) in [5.41, 5.74) is 0.383. The Balaban J connectivity index is 2.23. The molecule has 1 N–H and O–H groups in total. The van der Waals surface area contributed by atoms with Crippen LogP contribution in [0.15, 0.2) is 12.4 Å². The third-order valence-electron chi connectivity index (χ3n) is 4.31. The number of aryl methyl sites for hydroxylation is 1. The molecule has 18 heavy (non-hydrogen) atoms. The summed E-state index contributed by atoms with van der Waals surface area (Å²) in [7, 11) is 0. The number of hydrogen-bond acceptors (Lipinski definition) is 2. The lowest BCUT2D eigenvalue weighted by Gasteiger charge is -2.32. The van der Waals surface area contributed by atoms with Gasteiger partial charge < -0.3 is 9.88 Å². The summed E-state index contributed by atoms with van der Waals surface area (Å²) in [5, 5.41) is 3.69. The molecule has 1 aliphatic rings. The van der Waals surface area contributed by atoms with E-state index in [-0.39, 0.29) is 0 Å². The van der Waals surface area contributed by atoms with Crippen molar-refractivity contribution in [2.24, 2.45) is 5.41 Å². The first kappa shape index (κ1) is 13.6. The highest BCUT2D eigenvalue weighted by Crippen LogP contribution is 2.44. The fourth-order valence-electron chi connectivity index (χ4n) is 3.36. The number of nitrogens with one attached hydrogen (secondary N) is 1. The van der Waals surface area contributed by atoms with Gasteiger partial charge in [-0.05, 0) is 31.2 Å². The van der Waals surface area contributed by atoms with E-state index in [9.17, 15) is 0 Å². The van der Waals surface area contributed by atoms with E-state index in [2.05, 4.69) is 48.8 Å². The zero-order chi connectivity index (χ0) is 13.2. The first-order valence-electron chi connectivity index (χ1n) is 7.35. The van der Waals surface area contributed by atoms with E-state index in [4.69, 9.17) is 0 Å². The molecule has 3 heteroatoms. The van der Waals surface area contributed by atoms with Crippen molar-refractivity contribution >= 4 is 0 Å². The average molecular weight is 249 g/mol. The minimum absolute atomic E-state index is 0.383. The van der Waals surface area contributed by atoms with Crippen molar-refractivity contribution in [3.8, 4) is 0 Å². The molecule has 2 rings (SSSR count). The predicted octanol–water partition coefficient (Wildman–Crippen LogP) is 3.17. The molecule has 0 amide bonds. The normalized spacial score (nSPS) is 26.7. The second-order valence-corrected chi connectivity index (χ2v) is 6.13. The molecule has 0 saturated heterocycles. The quantitative estimate of drug-likeness (QED) is 0.868. The van der Waals surface area contributed by atoms with Crippen LogP contribution < -0.4 is 5.32 Å². The van der Waals surface area contributed by atoms with Crippen molar-refractivity contribution < 1.29 is 0 Å². The molecule has 2 atom stereocenters. The van der Waals surface area contributed by atoms with Gasteiger partial charge in [0.2, 0.25) is 0 Å². The van der Waals surface area contributed by atoms with Crippen LogP contribution in [0.3, 0.4) is 0 Å². The first-order valence-corrected chi connectivity index (χ1v) is 7.35. The number of hydrogen-bond donors (Lipinski definition) is 1.